The molecule has 0 aliphatic heterocycles. The minimum absolute atomic E-state index is 0.403. The maximum absolute atomic E-state index is 5.22. The lowest BCUT2D eigenvalue weighted by Crippen LogP contribution is -2.25. The Labute approximate surface area is 124 Å². The highest BCUT2D eigenvalue weighted by molar-refractivity contribution is 5.30. The molecule has 1 saturated carbocycles. The first-order chi connectivity index (χ1) is 10.3. The number of ether oxygens (including phenoxy) is 1. The molecule has 1 N–H and O–H groups in total. The smallest absolute Gasteiger partial charge is 0.227 e. The fourth-order valence-corrected chi connectivity index (χ4v) is 2.57. The van der Waals surface area contributed by atoms with E-state index in [0.29, 0.717) is 17.8 Å². The molecule has 112 valence electrons. The standard InChI is InChI=1S/C16H21N3O2/c1-11-18-15(21-19-11)9-10-17-16(12-3-4-12)13-5-7-14(20-2)8-6-13/h5-8,12,16-17H,3-4,9-10H2,1-2H3. The van der Waals surface area contributed by atoms with Crippen molar-refractivity contribution in [3.8, 4) is 5.75 Å². The summed E-state index contributed by atoms with van der Waals surface area (Å²) < 4.78 is 10.4. The Balaban J connectivity index is 1.59. The Bertz CT molecular complexity index is 575. The van der Waals surface area contributed by atoms with Crippen LogP contribution in [0.25, 0.3) is 0 Å². The molecule has 0 spiro atoms. The van der Waals surface area contributed by atoms with Crippen LogP contribution in [-0.2, 0) is 6.42 Å². The molecule has 1 unspecified atom stereocenters. The molecule has 3 rings (SSSR count). The van der Waals surface area contributed by atoms with Gasteiger partial charge in [0.1, 0.15) is 5.75 Å². The molecule has 0 amide bonds. The first-order valence-corrected chi connectivity index (χ1v) is 7.43. The van der Waals surface area contributed by atoms with Crippen LogP contribution in [0.2, 0.25) is 0 Å². The van der Waals surface area contributed by atoms with Gasteiger partial charge in [-0.05, 0) is 43.4 Å². The van der Waals surface area contributed by atoms with Crippen molar-refractivity contribution in [2.45, 2.75) is 32.2 Å². The Hall–Kier alpha value is -1.88. The zero-order valence-electron chi connectivity index (χ0n) is 12.5. The van der Waals surface area contributed by atoms with Gasteiger partial charge in [-0.1, -0.05) is 17.3 Å². The van der Waals surface area contributed by atoms with Crippen LogP contribution >= 0.6 is 0 Å². The summed E-state index contributed by atoms with van der Waals surface area (Å²) in [5.41, 5.74) is 1.32. The van der Waals surface area contributed by atoms with Gasteiger partial charge >= 0.3 is 0 Å². The highest BCUT2D eigenvalue weighted by Crippen LogP contribution is 2.41. The minimum Gasteiger partial charge on any atom is -0.497 e. The number of methoxy groups -OCH3 is 1. The van der Waals surface area contributed by atoms with Crippen molar-refractivity contribution in [3.05, 3.63) is 41.5 Å². The second-order valence-corrected chi connectivity index (χ2v) is 5.53. The summed E-state index contributed by atoms with van der Waals surface area (Å²) in [6, 6.07) is 8.73. The van der Waals surface area contributed by atoms with Crippen molar-refractivity contribution in [2.75, 3.05) is 13.7 Å². The average Bonchev–Trinajstić information content (AvgIpc) is 3.26. The van der Waals surface area contributed by atoms with E-state index in [0.717, 1.165) is 24.6 Å². The predicted octanol–water partition coefficient (Wildman–Crippen LogP) is 2.67. The molecular formula is C16H21N3O2. The van der Waals surface area contributed by atoms with E-state index in [1.54, 1.807) is 7.11 Å². The van der Waals surface area contributed by atoms with Gasteiger partial charge < -0.3 is 14.6 Å². The summed E-state index contributed by atoms with van der Waals surface area (Å²) in [5, 5.41) is 7.44. The molecule has 1 aliphatic carbocycles. The maximum atomic E-state index is 5.22. The third-order valence-electron chi connectivity index (χ3n) is 3.84. The third kappa shape index (κ3) is 3.61. The number of rotatable bonds is 7. The third-order valence-corrected chi connectivity index (χ3v) is 3.84. The van der Waals surface area contributed by atoms with Gasteiger partial charge in [0.15, 0.2) is 5.82 Å². The van der Waals surface area contributed by atoms with Crippen molar-refractivity contribution >= 4 is 0 Å². The van der Waals surface area contributed by atoms with Gasteiger partial charge in [0, 0.05) is 19.0 Å². The summed E-state index contributed by atoms with van der Waals surface area (Å²) in [7, 11) is 1.69. The SMILES string of the molecule is COc1ccc(C(NCCc2nc(C)no2)C2CC2)cc1. The van der Waals surface area contributed by atoms with Gasteiger partial charge in [-0.15, -0.1) is 0 Å². The molecule has 2 aromatic rings. The Kier molecular flexibility index (Phi) is 4.20. The molecule has 1 atom stereocenters. The lowest BCUT2D eigenvalue weighted by atomic mass is 10.0. The van der Waals surface area contributed by atoms with Crippen LogP contribution in [-0.4, -0.2) is 23.8 Å². The van der Waals surface area contributed by atoms with E-state index < -0.39 is 0 Å². The molecule has 1 fully saturated rings. The van der Waals surface area contributed by atoms with Crippen LogP contribution in [0.4, 0.5) is 0 Å². The summed E-state index contributed by atoms with van der Waals surface area (Å²) in [4.78, 5) is 4.23. The first kappa shape index (κ1) is 14.1. The van der Waals surface area contributed by atoms with Crippen LogP contribution in [0.1, 0.15) is 36.2 Å². The monoisotopic (exact) mass is 287 g/mol. The van der Waals surface area contributed by atoms with E-state index >= 15 is 0 Å². The molecule has 5 nitrogen and oxygen atoms in total. The highest BCUT2D eigenvalue weighted by Gasteiger charge is 2.31. The van der Waals surface area contributed by atoms with Gasteiger partial charge in [0.05, 0.1) is 7.11 Å². The number of aryl methyl sites for hydroxylation is 1. The summed E-state index contributed by atoms with van der Waals surface area (Å²) in [5.74, 6) is 3.03. The average molecular weight is 287 g/mol. The molecule has 1 aromatic carbocycles. The van der Waals surface area contributed by atoms with E-state index in [1.807, 2.05) is 19.1 Å². The van der Waals surface area contributed by atoms with Crippen molar-refractivity contribution in [1.29, 1.82) is 0 Å². The maximum Gasteiger partial charge on any atom is 0.227 e. The number of benzene rings is 1. The van der Waals surface area contributed by atoms with E-state index in [-0.39, 0.29) is 0 Å². The van der Waals surface area contributed by atoms with Crippen molar-refractivity contribution in [3.63, 3.8) is 0 Å². The van der Waals surface area contributed by atoms with Gasteiger partial charge in [-0.2, -0.15) is 4.98 Å². The molecule has 21 heavy (non-hydrogen) atoms. The Morgan fingerprint density at radius 1 is 1.33 bits per heavy atom. The molecular weight excluding hydrogens is 266 g/mol. The summed E-state index contributed by atoms with van der Waals surface area (Å²) in [6.07, 6.45) is 3.35. The zero-order valence-corrected chi connectivity index (χ0v) is 12.5. The van der Waals surface area contributed by atoms with E-state index in [9.17, 15) is 0 Å². The molecule has 1 heterocycles. The predicted molar refractivity (Wildman–Crippen MR) is 79.2 cm³/mol. The van der Waals surface area contributed by atoms with Crippen LogP contribution in [0.15, 0.2) is 28.8 Å². The number of nitrogens with zero attached hydrogens (tertiary/aromatic N) is 2. The Morgan fingerprint density at radius 2 is 2.10 bits per heavy atom. The highest BCUT2D eigenvalue weighted by atomic mass is 16.5. The van der Waals surface area contributed by atoms with Crippen molar-refractivity contribution < 1.29 is 9.26 Å². The molecule has 0 bridgehead atoms. The fourth-order valence-electron chi connectivity index (χ4n) is 2.57. The van der Waals surface area contributed by atoms with Gasteiger partial charge in [-0.3, -0.25) is 0 Å². The number of aromatic nitrogens is 2. The van der Waals surface area contributed by atoms with Crippen LogP contribution in [0, 0.1) is 12.8 Å². The second-order valence-electron chi connectivity index (χ2n) is 5.53. The molecule has 1 aromatic heterocycles. The van der Waals surface area contributed by atoms with Gasteiger partial charge in [-0.25, -0.2) is 0 Å². The lowest BCUT2D eigenvalue weighted by Gasteiger charge is -2.18. The number of hydrogen-bond donors (Lipinski definition) is 1. The van der Waals surface area contributed by atoms with Crippen LogP contribution in [0.5, 0.6) is 5.75 Å². The van der Waals surface area contributed by atoms with Gasteiger partial charge in [0.25, 0.3) is 0 Å². The van der Waals surface area contributed by atoms with Crippen molar-refractivity contribution in [2.24, 2.45) is 5.92 Å². The number of hydrogen-bond acceptors (Lipinski definition) is 5. The van der Waals surface area contributed by atoms with Crippen molar-refractivity contribution in [1.82, 2.24) is 15.5 Å². The second kappa shape index (κ2) is 6.26. The van der Waals surface area contributed by atoms with Crippen LogP contribution in [0.3, 0.4) is 0 Å². The van der Waals surface area contributed by atoms with E-state index in [2.05, 4.69) is 27.6 Å². The topological polar surface area (TPSA) is 60.2 Å². The van der Waals surface area contributed by atoms with E-state index in [4.69, 9.17) is 9.26 Å². The molecule has 5 heteroatoms. The largest absolute Gasteiger partial charge is 0.497 e. The first-order valence-electron chi connectivity index (χ1n) is 7.43. The Morgan fingerprint density at radius 3 is 2.67 bits per heavy atom. The quantitative estimate of drug-likeness (QED) is 0.848. The molecule has 1 aliphatic rings. The zero-order chi connectivity index (χ0) is 14.7. The summed E-state index contributed by atoms with van der Waals surface area (Å²) >= 11 is 0. The normalized spacial score (nSPS) is 15.9. The fraction of sp³-hybridized carbons (Fsp3) is 0.500. The molecule has 0 saturated heterocycles. The van der Waals surface area contributed by atoms with Crippen LogP contribution < -0.4 is 10.1 Å². The summed E-state index contributed by atoms with van der Waals surface area (Å²) in [6.45, 7) is 2.68. The lowest BCUT2D eigenvalue weighted by molar-refractivity contribution is 0.366. The molecule has 0 radical (unpaired) electrons. The van der Waals surface area contributed by atoms with E-state index in [1.165, 1.54) is 18.4 Å². The number of nitrogens with one attached hydrogen (secondary N) is 1. The minimum atomic E-state index is 0.403. The van der Waals surface area contributed by atoms with Gasteiger partial charge in [0.2, 0.25) is 5.89 Å².